The highest BCUT2D eigenvalue weighted by Gasteiger charge is 2.48. The van der Waals surface area contributed by atoms with E-state index in [4.69, 9.17) is 4.74 Å². The number of morpholine rings is 1. The van der Waals surface area contributed by atoms with Crippen molar-refractivity contribution in [3.8, 4) is 0 Å². The van der Waals surface area contributed by atoms with Crippen molar-refractivity contribution >= 4 is 16.0 Å². The molecule has 132 valence electrons. The molecule has 0 N–H and O–H groups in total. The van der Waals surface area contributed by atoms with Gasteiger partial charge in [-0.1, -0.05) is 0 Å². The van der Waals surface area contributed by atoms with Crippen molar-refractivity contribution in [2.24, 2.45) is 5.92 Å². The Labute approximate surface area is 141 Å². The number of nitrogens with zero attached hydrogens (tertiary/aromatic N) is 4. The number of halogens is 1. The zero-order valence-corrected chi connectivity index (χ0v) is 14.2. The lowest BCUT2D eigenvalue weighted by Gasteiger charge is -2.33. The van der Waals surface area contributed by atoms with Crippen LogP contribution in [0, 0.1) is 11.7 Å². The molecule has 4 heterocycles. The van der Waals surface area contributed by atoms with Gasteiger partial charge in [-0.25, -0.2) is 9.37 Å². The van der Waals surface area contributed by atoms with Gasteiger partial charge in [0.2, 0.25) is 0 Å². The van der Waals surface area contributed by atoms with Crippen molar-refractivity contribution in [3.05, 3.63) is 24.1 Å². The molecule has 3 aliphatic heterocycles. The minimum Gasteiger partial charge on any atom is -0.379 e. The first-order valence-electron chi connectivity index (χ1n) is 8.27. The molecule has 9 heteroatoms. The van der Waals surface area contributed by atoms with Crippen LogP contribution in [0.5, 0.6) is 0 Å². The SMILES string of the molecule is O=S(=O)(N1CCOCC1)N1CCC2CN(c3ccc(F)cn3)CC21. The largest absolute Gasteiger partial charge is 0.379 e. The maximum atomic E-state index is 13.0. The lowest BCUT2D eigenvalue weighted by atomic mass is 10.1. The zero-order valence-electron chi connectivity index (χ0n) is 13.3. The quantitative estimate of drug-likeness (QED) is 0.780. The van der Waals surface area contributed by atoms with E-state index in [1.165, 1.54) is 16.6 Å². The predicted octanol–water partition coefficient (Wildman–Crippen LogP) is 0.308. The number of anilines is 1. The van der Waals surface area contributed by atoms with Crippen molar-refractivity contribution in [1.29, 1.82) is 0 Å². The number of pyridine rings is 1. The van der Waals surface area contributed by atoms with Gasteiger partial charge < -0.3 is 9.64 Å². The molecule has 0 saturated carbocycles. The Balaban J connectivity index is 1.51. The molecule has 2 unspecified atom stereocenters. The molecule has 2 atom stereocenters. The molecule has 3 saturated heterocycles. The predicted molar refractivity (Wildman–Crippen MR) is 86.3 cm³/mol. The van der Waals surface area contributed by atoms with Crippen molar-refractivity contribution in [2.75, 3.05) is 50.8 Å². The Morgan fingerprint density at radius 3 is 2.67 bits per heavy atom. The Morgan fingerprint density at radius 2 is 1.96 bits per heavy atom. The first-order chi connectivity index (χ1) is 11.6. The van der Waals surface area contributed by atoms with Crippen LogP contribution in [0.2, 0.25) is 0 Å². The molecule has 0 aromatic carbocycles. The van der Waals surface area contributed by atoms with Gasteiger partial charge in [-0.15, -0.1) is 0 Å². The van der Waals surface area contributed by atoms with E-state index in [1.54, 1.807) is 10.4 Å². The summed E-state index contributed by atoms with van der Waals surface area (Å²) >= 11 is 0. The van der Waals surface area contributed by atoms with Gasteiger partial charge in [0, 0.05) is 38.8 Å². The third kappa shape index (κ3) is 2.79. The lowest BCUT2D eigenvalue weighted by Crippen LogP contribution is -2.51. The van der Waals surface area contributed by atoms with Crippen LogP contribution in [-0.2, 0) is 14.9 Å². The molecule has 3 aliphatic rings. The van der Waals surface area contributed by atoms with Gasteiger partial charge in [0.25, 0.3) is 10.2 Å². The third-order valence-corrected chi connectivity index (χ3v) is 7.19. The summed E-state index contributed by atoms with van der Waals surface area (Å²) in [6, 6.07) is 3.00. The average Bonchev–Trinajstić information content (AvgIpc) is 3.17. The van der Waals surface area contributed by atoms with Gasteiger partial charge in [0.15, 0.2) is 0 Å². The minimum absolute atomic E-state index is 0.0373. The Bertz CT molecular complexity index is 693. The topological polar surface area (TPSA) is 66.0 Å². The van der Waals surface area contributed by atoms with Gasteiger partial charge in [-0.2, -0.15) is 17.0 Å². The smallest absolute Gasteiger partial charge is 0.282 e. The number of ether oxygens (including phenoxy) is 1. The molecular weight excluding hydrogens is 335 g/mol. The van der Waals surface area contributed by atoms with Crippen molar-refractivity contribution in [3.63, 3.8) is 0 Å². The van der Waals surface area contributed by atoms with E-state index in [2.05, 4.69) is 9.88 Å². The van der Waals surface area contributed by atoms with Crippen molar-refractivity contribution in [1.82, 2.24) is 13.6 Å². The van der Waals surface area contributed by atoms with E-state index in [1.807, 2.05) is 0 Å². The van der Waals surface area contributed by atoms with Crippen LogP contribution in [0.25, 0.3) is 0 Å². The summed E-state index contributed by atoms with van der Waals surface area (Å²) in [5, 5.41) is 0. The fourth-order valence-corrected chi connectivity index (χ4v) is 5.70. The third-order valence-electron chi connectivity index (χ3n) is 5.13. The van der Waals surface area contributed by atoms with Gasteiger partial charge in [0.1, 0.15) is 11.6 Å². The van der Waals surface area contributed by atoms with E-state index >= 15 is 0 Å². The molecule has 1 aromatic rings. The van der Waals surface area contributed by atoms with Gasteiger partial charge in [-0.05, 0) is 24.5 Å². The summed E-state index contributed by atoms with van der Waals surface area (Å²) in [4.78, 5) is 6.17. The van der Waals surface area contributed by atoms with Crippen molar-refractivity contribution < 1.29 is 17.5 Å². The molecule has 24 heavy (non-hydrogen) atoms. The molecule has 7 nitrogen and oxygen atoms in total. The fraction of sp³-hybridized carbons (Fsp3) is 0.667. The molecule has 4 rings (SSSR count). The summed E-state index contributed by atoms with van der Waals surface area (Å²) in [6.07, 6.45) is 2.05. The Kier molecular flexibility index (Phi) is 4.19. The number of aromatic nitrogens is 1. The maximum Gasteiger partial charge on any atom is 0.282 e. The first kappa shape index (κ1) is 16.2. The summed E-state index contributed by atoms with van der Waals surface area (Å²) < 4.78 is 47.3. The molecule has 0 spiro atoms. The highest BCUT2D eigenvalue weighted by atomic mass is 32.2. The van der Waals surface area contributed by atoms with E-state index < -0.39 is 10.2 Å². The van der Waals surface area contributed by atoms with E-state index in [-0.39, 0.29) is 11.9 Å². The molecule has 0 radical (unpaired) electrons. The molecule has 1 aromatic heterocycles. The van der Waals surface area contributed by atoms with Crippen LogP contribution in [-0.4, -0.2) is 74.0 Å². The maximum absolute atomic E-state index is 13.0. The average molecular weight is 356 g/mol. The summed E-state index contributed by atoms with van der Waals surface area (Å²) in [5.74, 6) is 0.636. The van der Waals surface area contributed by atoms with Gasteiger partial charge >= 0.3 is 0 Å². The zero-order chi connectivity index (χ0) is 16.7. The second kappa shape index (κ2) is 6.21. The summed E-state index contributed by atoms with van der Waals surface area (Å²) in [6.45, 7) is 3.67. The minimum atomic E-state index is -3.45. The van der Waals surface area contributed by atoms with E-state index in [9.17, 15) is 12.8 Å². The standard InChI is InChI=1S/C15H21FN4O3S/c16-13-1-2-15(17-9-13)18-10-12-3-4-20(14(12)11-18)24(21,22)19-5-7-23-8-6-19/h1-2,9,12,14H,3-8,10-11H2. The van der Waals surface area contributed by atoms with E-state index in [0.29, 0.717) is 51.1 Å². The molecule has 0 aliphatic carbocycles. The van der Waals surface area contributed by atoms with Gasteiger partial charge in [-0.3, -0.25) is 0 Å². The molecule has 3 fully saturated rings. The molecular formula is C15H21FN4O3S. The highest BCUT2D eigenvalue weighted by Crippen LogP contribution is 2.36. The van der Waals surface area contributed by atoms with Crippen LogP contribution in [0.1, 0.15) is 6.42 Å². The summed E-state index contributed by atoms with van der Waals surface area (Å²) in [7, 11) is -3.45. The number of hydrogen-bond acceptors (Lipinski definition) is 5. The van der Waals surface area contributed by atoms with E-state index in [0.717, 1.165) is 13.0 Å². The molecule has 0 amide bonds. The van der Waals surface area contributed by atoms with Crippen LogP contribution >= 0.6 is 0 Å². The normalized spacial score (nSPS) is 29.1. The Hall–Kier alpha value is -1.29. The van der Waals surface area contributed by atoms with Crippen LogP contribution in [0.4, 0.5) is 10.2 Å². The van der Waals surface area contributed by atoms with Gasteiger partial charge in [0.05, 0.1) is 19.4 Å². The first-order valence-corrected chi connectivity index (χ1v) is 9.66. The Morgan fingerprint density at radius 1 is 1.17 bits per heavy atom. The molecule has 0 bridgehead atoms. The second-order valence-electron chi connectivity index (χ2n) is 6.49. The van der Waals surface area contributed by atoms with Crippen LogP contribution in [0.3, 0.4) is 0 Å². The van der Waals surface area contributed by atoms with Crippen LogP contribution in [0.15, 0.2) is 18.3 Å². The second-order valence-corrected chi connectivity index (χ2v) is 8.37. The fourth-order valence-electron chi connectivity index (χ4n) is 3.88. The van der Waals surface area contributed by atoms with Crippen LogP contribution < -0.4 is 4.90 Å². The monoisotopic (exact) mass is 356 g/mol. The highest BCUT2D eigenvalue weighted by molar-refractivity contribution is 7.86. The number of rotatable bonds is 3. The lowest BCUT2D eigenvalue weighted by molar-refractivity contribution is 0.0699. The number of fused-ring (bicyclic) bond motifs is 1. The summed E-state index contributed by atoms with van der Waals surface area (Å²) in [5.41, 5.74) is 0. The van der Waals surface area contributed by atoms with Crippen molar-refractivity contribution in [2.45, 2.75) is 12.5 Å². The number of hydrogen-bond donors (Lipinski definition) is 0.